The Morgan fingerprint density at radius 3 is 2.45 bits per heavy atom. The van der Waals surface area contributed by atoms with E-state index in [0.29, 0.717) is 50.2 Å². The molecule has 0 aromatic carbocycles. The SMILES string of the molecule is CC1CC(F)CCC1C1CC(Cn2ccn(C)c2=N)CC(C(=O)N[C@@H](C)C2CCC(F)C(C(F)(F)F)C2)C1. The summed E-state index contributed by atoms with van der Waals surface area (Å²) in [4.78, 5) is 13.5. The summed E-state index contributed by atoms with van der Waals surface area (Å²) in [7, 11) is 1.82. The van der Waals surface area contributed by atoms with Crippen LogP contribution in [-0.4, -0.2) is 39.6 Å². The summed E-state index contributed by atoms with van der Waals surface area (Å²) in [6, 6.07) is -0.470. The van der Waals surface area contributed by atoms with E-state index in [-0.39, 0.29) is 42.4 Å². The van der Waals surface area contributed by atoms with Crippen molar-refractivity contribution in [3.8, 4) is 0 Å². The van der Waals surface area contributed by atoms with Gasteiger partial charge in [0, 0.05) is 37.9 Å². The van der Waals surface area contributed by atoms with Gasteiger partial charge in [0.15, 0.2) is 0 Å². The topological polar surface area (TPSA) is 62.8 Å². The molecule has 1 aromatic heterocycles. The fourth-order valence-corrected chi connectivity index (χ4v) is 7.62. The molecule has 10 heteroatoms. The maximum Gasteiger partial charge on any atom is 0.394 e. The zero-order chi connectivity index (χ0) is 27.8. The summed E-state index contributed by atoms with van der Waals surface area (Å²) in [5.41, 5.74) is 0.385. The number of hydrogen-bond acceptors (Lipinski definition) is 2. The van der Waals surface area contributed by atoms with E-state index in [4.69, 9.17) is 5.41 Å². The lowest BCUT2D eigenvalue weighted by Gasteiger charge is -2.43. The summed E-state index contributed by atoms with van der Waals surface area (Å²) in [6.45, 7) is 4.46. The molecule has 1 heterocycles. The molecule has 38 heavy (non-hydrogen) atoms. The van der Waals surface area contributed by atoms with Crippen LogP contribution in [0.15, 0.2) is 12.4 Å². The van der Waals surface area contributed by atoms with E-state index >= 15 is 0 Å². The summed E-state index contributed by atoms with van der Waals surface area (Å²) in [5, 5.41) is 11.3. The maximum atomic E-state index is 14.1. The molecule has 3 saturated carbocycles. The molecule has 4 rings (SSSR count). The predicted molar refractivity (Wildman–Crippen MR) is 134 cm³/mol. The lowest BCUT2D eigenvalue weighted by Crippen LogP contribution is -2.48. The molecule has 1 amide bonds. The molecule has 0 saturated heterocycles. The van der Waals surface area contributed by atoms with E-state index in [2.05, 4.69) is 12.2 Å². The van der Waals surface area contributed by atoms with Gasteiger partial charge in [-0.15, -0.1) is 0 Å². The summed E-state index contributed by atoms with van der Waals surface area (Å²) < 4.78 is 71.7. The Balaban J connectivity index is 1.45. The number of alkyl halides is 5. The van der Waals surface area contributed by atoms with E-state index in [0.717, 1.165) is 12.8 Å². The summed E-state index contributed by atoms with van der Waals surface area (Å²) >= 11 is 0. The van der Waals surface area contributed by atoms with Gasteiger partial charge >= 0.3 is 6.18 Å². The Morgan fingerprint density at radius 2 is 1.82 bits per heavy atom. The standard InChI is InChI=1S/C28H43F5N4O/c1-16-10-22(29)5-6-23(16)20-11-18(15-37-9-8-36(3)27(37)34)12-21(13-20)26(38)35-17(2)19-4-7-25(30)24(14-19)28(31,32)33/h8-9,16-25,34H,4-7,10-15H2,1-3H3,(H,35,38)/t16?,17-,18?,19?,20?,21?,22?,23?,24?,25?/m0/s1. The molecule has 0 spiro atoms. The van der Waals surface area contributed by atoms with Crippen LogP contribution >= 0.6 is 0 Å². The minimum absolute atomic E-state index is 0.137. The van der Waals surface area contributed by atoms with Crippen molar-refractivity contribution in [1.29, 1.82) is 5.41 Å². The van der Waals surface area contributed by atoms with Crippen LogP contribution in [0.4, 0.5) is 22.0 Å². The molecule has 0 aliphatic heterocycles. The number of nitrogens with zero attached hydrogens (tertiary/aromatic N) is 2. The number of hydrogen-bond donors (Lipinski definition) is 2. The minimum atomic E-state index is -4.58. The van der Waals surface area contributed by atoms with Crippen molar-refractivity contribution in [2.24, 2.45) is 48.5 Å². The van der Waals surface area contributed by atoms with E-state index in [1.807, 2.05) is 24.0 Å². The third-order valence-corrected chi connectivity index (χ3v) is 9.82. The third-order valence-electron chi connectivity index (χ3n) is 9.82. The predicted octanol–water partition coefficient (Wildman–Crippen LogP) is 5.93. The Labute approximate surface area is 222 Å². The highest BCUT2D eigenvalue weighted by molar-refractivity contribution is 5.79. The molecule has 3 aliphatic carbocycles. The average molecular weight is 547 g/mol. The highest BCUT2D eigenvalue weighted by Crippen LogP contribution is 2.46. The summed E-state index contributed by atoms with van der Waals surface area (Å²) in [5.74, 6) is -1.82. The van der Waals surface area contributed by atoms with Crippen LogP contribution in [0.5, 0.6) is 0 Å². The first-order valence-electron chi connectivity index (χ1n) is 14.2. The second-order valence-corrected chi connectivity index (χ2v) is 12.5. The highest BCUT2D eigenvalue weighted by Gasteiger charge is 2.49. The quantitative estimate of drug-likeness (QED) is 0.427. The third kappa shape index (κ3) is 6.64. The van der Waals surface area contributed by atoms with Crippen LogP contribution in [0.3, 0.4) is 0 Å². The van der Waals surface area contributed by atoms with Gasteiger partial charge in [-0.3, -0.25) is 10.2 Å². The number of imidazole rings is 1. The molecule has 3 fully saturated rings. The van der Waals surface area contributed by atoms with Crippen LogP contribution in [0.25, 0.3) is 0 Å². The van der Waals surface area contributed by atoms with Crippen molar-refractivity contribution in [2.45, 2.75) is 103 Å². The van der Waals surface area contributed by atoms with Gasteiger partial charge < -0.3 is 14.5 Å². The van der Waals surface area contributed by atoms with E-state index in [9.17, 15) is 26.7 Å². The largest absolute Gasteiger partial charge is 0.394 e. The molecule has 1 aromatic rings. The molecule has 0 radical (unpaired) electrons. The first-order chi connectivity index (χ1) is 17.8. The smallest absolute Gasteiger partial charge is 0.353 e. The van der Waals surface area contributed by atoms with Gasteiger partial charge in [0.05, 0.1) is 5.92 Å². The second kappa shape index (κ2) is 11.7. The Bertz CT molecular complexity index is 1010. The number of carbonyl (C=O) groups is 1. The molecule has 3 aliphatic rings. The van der Waals surface area contributed by atoms with Crippen LogP contribution in [0.1, 0.15) is 71.6 Å². The highest BCUT2D eigenvalue weighted by atomic mass is 19.4. The zero-order valence-electron chi connectivity index (χ0n) is 22.7. The molecular weight excluding hydrogens is 503 g/mol. The number of amides is 1. The molecule has 10 atom stereocenters. The van der Waals surface area contributed by atoms with Gasteiger partial charge in [0.1, 0.15) is 12.3 Å². The van der Waals surface area contributed by atoms with Gasteiger partial charge in [0.25, 0.3) is 0 Å². The first kappa shape index (κ1) is 29.1. The van der Waals surface area contributed by atoms with Crippen molar-refractivity contribution in [3.05, 3.63) is 18.0 Å². The lowest BCUT2D eigenvalue weighted by atomic mass is 9.63. The molecular formula is C28H43F5N4O. The molecule has 216 valence electrons. The number of aryl methyl sites for hydroxylation is 1. The first-order valence-corrected chi connectivity index (χ1v) is 14.2. The molecule has 2 N–H and O–H groups in total. The van der Waals surface area contributed by atoms with Crippen molar-refractivity contribution in [3.63, 3.8) is 0 Å². The van der Waals surface area contributed by atoms with Crippen LogP contribution in [0, 0.1) is 46.8 Å². The average Bonchev–Trinajstić information content (AvgIpc) is 3.15. The molecule has 9 unspecified atom stereocenters. The number of nitrogens with one attached hydrogen (secondary N) is 2. The fraction of sp³-hybridized carbons (Fsp3) is 0.857. The molecule has 5 nitrogen and oxygen atoms in total. The Morgan fingerprint density at radius 1 is 1.08 bits per heavy atom. The van der Waals surface area contributed by atoms with Gasteiger partial charge in [-0.05, 0) is 94.3 Å². The molecule has 0 bridgehead atoms. The Hall–Kier alpha value is -1.87. The van der Waals surface area contributed by atoms with E-state index in [1.54, 1.807) is 11.5 Å². The van der Waals surface area contributed by atoms with E-state index < -0.39 is 36.4 Å². The van der Waals surface area contributed by atoms with Crippen molar-refractivity contribution >= 4 is 5.91 Å². The van der Waals surface area contributed by atoms with Crippen LogP contribution in [-0.2, 0) is 18.4 Å². The lowest BCUT2D eigenvalue weighted by molar-refractivity contribution is -0.203. The van der Waals surface area contributed by atoms with Crippen molar-refractivity contribution in [2.75, 3.05) is 0 Å². The normalized spacial score (nSPS) is 37.5. The van der Waals surface area contributed by atoms with Crippen LogP contribution in [0.2, 0.25) is 0 Å². The number of rotatable bonds is 6. The van der Waals surface area contributed by atoms with E-state index in [1.165, 1.54) is 0 Å². The van der Waals surface area contributed by atoms with Gasteiger partial charge in [-0.2, -0.15) is 13.2 Å². The number of aromatic nitrogens is 2. The maximum absolute atomic E-state index is 14.1. The van der Waals surface area contributed by atoms with Gasteiger partial charge in [0.2, 0.25) is 11.5 Å². The number of halogens is 5. The monoisotopic (exact) mass is 546 g/mol. The van der Waals surface area contributed by atoms with Crippen molar-refractivity contribution < 1.29 is 26.7 Å². The summed E-state index contributed by atoms with van der Waals surface area (Å²) in [6.07, 6.45) is 0.508. The second-order valence-electron chi connectivity index (χ2n) is 12.5. The minimum Gasteiger partial charge on any atom is -0.353 e. The van der Waals surface area contributed by atoms with Crippen molar-refractivity contribution in [1.82, 2.24) is 14.5 Å². The Kier molecular flexibility index (Phi) is 8.97. The zero-order valence-corrected chi connectivity index (χ0v) is 22.7. The van der Waals surface area contributed by atoms with Gasteiger partial charge in [-0.25, -0.2) is 8.78 Å². The number of carbonyl (C=O) groups excluding carboxylic acids is 1. The fourth-order valence-electron chi connectivity index (χ4n) is 7.62. The van der Waals surface area contributed by atoms with Crippen LogP contribution < -0.4 is 10.9 Å². The van der Waals surface area contributed by atoms with Gasteiger partial charge in [-0.1, -0.05) is 6.92 Å².